The average molecular weight is 237 g/mol. The quantitative estimate of drug-likeness (QED) is 0.629. The maximum Gasteiger partial charge on any atom is 0.169 e. The summed E-state index contributed by atoms with van der Waals surface area (Å²) in [4.78, 5) is 12.1. The normalized spacial score (nSPS) is 11.2. The van der Waals surface area contributed by atoms with E-state index < -0.39 is 5.41 Å². The number of benzene rings is 1. The molecule has 0 fully saturated rings. The summed E-state index contributed by atoms with van der Waals surface area (Å²) in [5.74, 6) is 1.36. The smallest absolute Gasteiger partial charge is 0.169 e. The average Bonchev–Trinajstić information content (AvgIpc) is 2.29. The van der Waals surface area contributed by atoms with Gasteiger partial charge in [-0.15, -0.1) is 0 Å². The van der Waals surface area contributed by atoms with E-state index in [2.05, 4.69) is 19.6 Å². The molecule has 1 aromatic carbocycles. The van der Waals surface area contributed by atoms with Gasteiger partial charge in [-0.25, -0.2) is 0 Å². The van der Waals surface area contributed by atoms with E-state index in [0.29, 0.717) is 17.9 Å². The first kappa shape index (κ1) is 13.1. The first-order valence-corrected chi connectivity index (χ1v) is 5.82. The second kappa shape index (κ2) is 5.39. The van der Waals surface area contributed by atoms with Gasteiger partial charge in [-0.2, -0.15) is 12.6 Å². The zero-order valence-electron chi connectivity index (χ0n) is 9.69. The fourth-order valence-electron chi connectivity index (χ4n) is 1.28. The third-order valence-electron chi connectivity index (χ3n) is 2.40. The van der Waals surface area contributed by atoms with Gasteiger partial charge in [-0.05, 0) is 31.2 Å². The van der Waals surface area contributed by atoms with Gasteiger partial charge in [0.2, 0.25) is 0 Å². The number of Topliss-reactive ketones (excluding diaryl/α,β-unsaturated/α-hetero) is 1. The van der Waals surface area contributed by atoms with Crippen molar-refractivity contribution in [1.29, 1.82) is 0 Å². The zero-order valence-corrected chi connectivity index (χ0v) is 10.6. The van der Waals surface area contributed by atoms with Crippen LogP contribution in [0, 0.1) is 12.3 Å². The van der Waals surface area contributed by atoms with E-state index in [-0.39, 0.29) is 5.78 Å². The summed E-state index contributed by atoms with van der Waals surface area (Å²) in [6.07, 6.45) is 0. The lowest BCUT2D eigenvalue weighted by molar-refractivity contribution is 0.0863. The van der Waals surface area contributed by atoms with Crippen LogP contribution in [0.5, 0.6) is 5.75 Å². The number of carbonyl (C=O) groups is 1. The minimum absolute atomic E-state index is 0.101. The Bertz CT molecular complexity index is 355. The number of ketones is 1. The standard InChI is InChI=1S/C13H17O2S/c1-4-15-11-7-5-10(6-8-11)12(14)13(2,3)9-16/h5-8,16H,1,4,9H2,2-3H3. The van der Waals surface area contributed by atoms with E-state index in [0.717, 1.165) is 5.75 Å². The van der Waals surface area contributed by atoms with Crippen molar-refractivity contribution >= 4 is 18.4 Å². The highest BCUT2D eigenvalue weighted by Gasteiger charge is 2.26. The Labute approximate surface area is 102 Å². The first-order chi connectivity index (χ1) is 7.51. The van der Waals surface area contributed by atoms with Crippen LogP contribution in [0.4, 0.5) is 0 Å². The molecule has 87 valence electrons. The van der Waals surface area contributed by atoms with Crippen LogP contribution >= 0.6 is 12.6 Å². The summed E-state index contributed by atoms with van der Waals surface area (Å²) in [5, 5.41) is 0. The molecule has 1 aromatic rings. The first-order valence-electron chi connectivity index (χ1n) is 5.19. The van der Waals surface area contributed by atoms with Crippen molar-refractivity contribution in [2.75, 3.05) is 12.4 Å². The highest BCUT2D eigenvalue weighted by Crippen LogP contribution is 2.24. The molecular weight excluding hydrogens is 220 g/mol. The molecule has 0 bridgehead atoms. The zero-order chi connectivity index (χ0) is 12.2. The van der Waals surface area contributed by atoms with Crippen LogP contribution in [0.25, 0.3) is 0 Å². The summed E-state index contributed by atoms with van der Waals surface area (Å²) in [7, 11) is 0. The molecule has 0 unspecified atom stereocenters. The molecule has 0 spiro atoms. The molecule has 0 saturated heterocycles. The van der Waals surface area contributed by atoms with Crippen molar-refractivity contribution in [3.8, 4) is 5.75 Å². The van der Waals surface area contributed by atoms with E-state index in [9.17, 15) is 4.79 Å². The van der Waals surface area contributed by atoms with Crippen LogP contribution in [0.3, 0.4) is 0 Å². The molecule has 0 aliphatic carbocycles. The van der Waals surface area contributed by atoms with Crippen molar-refractivity contribution in [3.05, 3.63) is 36.8 Å². The SMILES string of the molecule is [CH2]COc1ccc(C(=O)C(C)(C)CS)cc1. The molecule has 0 atom stereocenters. The highest BCUT2D eigenvalue weighted by atomic mass is 32.1. The predicted octanol–water partition coefficient (Wildman–Crippen LogP) is 3.04. The maximum absolute atomic E-state index is 12.1. The second-order valence-electron chi connectivity index (χ2n) is 4.24. The van der Waals surface area contributed by atoms with E-state index in [1.165, 1.54) is 0 Å². The van der Waals surface area contributed by atoms with Gasteiger partial charge < -0.3 is 4.74 Å². The summed E-state index contributed by atoms with van der Waals surface area (Å²) < 4.78 is 5.22. The van der Waals surface area contributed by atoms with Gasteiger partial charge in [-0.3, -0.25) is 4.79 Å². The van der Waals surface area contributed by atoms with Crippen LogP contribution in [0.15, 0.2) is 24.3 Å². The van der Waals surface area contributed by atoms with E-state index >= 15 is 0 Å². The third-order valence-corrected chi connectivity index (χ3v) is 3.19. The summed E-state index contributed by atoms with van der Waals surface area (Å²) >= 11 is 4.19. The van der Waals surface area contributed by atoms with Crippen LogP contribution < -0.4 is 4.74 Å². The molecule has 1 radical (unpaired) electrons. The Morgan fingerprint density at radius 2 is 1.94 bits per heavy atom. The molecule has 3 heteroatoms. The number of carbonyl (C=O) groups excluding carboxylic acids is 1. The topological polar surface area (TPSA) is 26.3 Å². The van der Waals surface area contributed by atoms with Crippen molar-refractivity contribution in [3.63, 3.8) is 0 Å². The lowest BCUT2D eigenvalue weighted by atomic mass is 9.86. The fourth-order valence-corrected chi connectivity index (χ4v) is 1.43. The molecule has 0 N–H and O–H groups in total. The minimum Gasteiger partial charge on any atom is -0.494 e. The highest BCUT2D eigenvalue weighted by molar-refractivity contribution is 7.80. The molecular formula is C13H17O2S. The molecule has 0 saturated carbocycles. The molecule has 2 nitrogen and oxygen atoms in total. The Balaban J connectivity index is 2.86. The van der Waals surface area contributed by atoms with Crippen molar-refractivity contribution in [1.82, 2.24) is 0 Å². The number of ether oxygens (including phenoxy) is 1. The Kier molecular flexibility index (Phi) is 4.42. The molecule has 0 amide bonds. The fraction of sp³-hybridized carbons (Fsp3) is 0.385. The molecule has 0 heterocycles. The molecule has 0 aliphatic heterocycles. The molecule has 0 aromatic heterocycles. The summed E-state index contributed by atoms with van der Waals surface area (Å²) in [5.41, 5.74) is 0.258. The van der Waals surface area contributed by atoms with Gasteiger partial charge in [0.15, 0.2) is 5.78 Å². The Hall–Kier alpha value is -0.960. The van der Waals surface area contributed by atoms with Crippen molar-refractivity contribution < 1.29 is 9.53 Å². The van der Waals surface area contributed by atoms with E-state index in [1.807, 2.05) is 13.8 Å². The van der Waals surface area contributed by atoms with Gasteiger partial charge in [0.05, 0.1) is 6.61 Å². The summed E-state index contributed by atoms with van der Waals surface area (Å²) in [6.45, 7) is 7.76. The van der Waals surface area contributed by atoms with Crippen LogP contribution in [0.2, 0.25) is 0 Å². The minimum atomic E-state index is -0.433. The lowest BCUT2D eigenvalue weighted by Crippen LogP contribution is -2.26. The van der Waals surface area contributed by atoms with Gasteiger partial charge in [0.25, 0.3) is 0 Å². The van der Waals surface area contributed by atoms with Gasteiger partial charge in [0, 0.05) is 16.7 Å². The van der Waals surface area contributed by atoms with Crippen LogP contribution in [0.1, 0.15) is 24.2 Å². The predicted molar refractivity (Wildman–Crippen MR) is 69.3 cm³/mol. The van der Waals surface area contributed by atoms with Gasteiger partial charge >= 0.3 is 0 Å². The molecule has 16 heavy (non-hydrogen) atoms. The van der Waals surface area contributed by atoms with Gasteiger partial charge in [0.1, 0.15) is 5.75 Å². The van der Waals surface area contributed by atoms with E-state index in [4.69, 9.17) is 4.74 Å². The second-order valence-corrected chi connectivity index (χ2v) is 4.56. The molecule has 1 rings (SSSR count). The third kappa shape index (κ3) is 3.01. The number of thiol groups is 1. The largest absolute Gasteiger partial charge is 0.494 e. The lowest BCUT2D eigenvalue weighted by Gasteiger charge is -2.20. The number of hydrogen-bond donors (Lipinski definition) is 1. The van der Waals surface area contributed by atoms with Crippen LogP contribution in [-0.4, -0.2) is 18.1 Å². The van der Waals surface area contributed by atoms with Crippen molar-refractivity contribution in [2.24, 2.45) is 5.41 Å². The van der Waals surface area contributed by atoms with E-state index in [1.54, 1.807) is 24.3 Å². The maximum atomic E-state index is 12.1. The van der Waals surface area contributed by atoms with Crippen molar-refractivity contribution in [2.45, 2.75) is 13.8 Å². The molecule has 0 aliphatic rings. The monoisotopic (exact) mass is 237 g/mol. The van der Waals surface area contributed by atoms with Crippen LogP contribution in [-0.2, 0) is 0 Å². The number of rotatable bonds is 5. The Morgan fingerprint density at radius 3 is 2.38 bits per heavy atom. The number of hydrogen-bond acceptors (Lipinski definition) is 3. The summed E-state index contributed by atoms with van der Waals surface area (Å²) in [6, 6.07) is 7.12. The Morgan fingerprint density at radius 1 is 1.38 bits per heavy atom. The van der Waals surface area contributed by atoms with Gasteiger partial charge in [-0.1, -0.05) is 13.8 Å².